The van der Waals surface area contributed by atoms with Crippen molar-refractivity contribution in [1.82, 2.24) is 0 Å². The zero-order valence-electron chi connectivity index (χ0n) is 13.8. The smallest absolute Gasteiger partial charge is 0.233 e. The Kier molecular flexibility index (Phi) is 3.20. The third-order valence-electron chi connectivity index (χ3n) is 6.22. The highest BCUT2D eigenvalue weighted by molar-refractivity contribution is 7.92. The van der Waals surface area contributed by atoms with Crippen molar-refractivity contribution < 1.29 is 22.7 Å². The SMILES string of the molecule is CC1(C)[C@H]2CC[C@]1(CS(=O)(=O)Nc1ccc3c(c1)OCO3)C(=O)C2. The molecule has 0 aromatic heterocycles. The zero-order valence-corrected chi connectivity index (χ0v) is 14.6. The molecule has 130 valence electrons. The van der Waals surface area contributed by atoms with Crippen molar-refractivity contribution in [2.24, 2.45) is 16.7 Å². The molecule has 1 aliphatic heterocycles. The lowest BCUT2D eigenvalue weighted by Crippen LogP contribution is -2.43. The Bertz CT molecular complexity index is 816. The lowest BCUT2D eigenvalue weighted by molar-refractivity contribution is -0.128. The maximum Gasteiger partial charge on any atom is 0.233 e. The molecule has 0 amide bonds. The van der Waals surface area contributed by atoms with E-state index in [4.69, 9.17) is 9.47 Å². The molecule has 1 heterocycles. The second-order valence-electron chi connectivity index (χ2n) is 7.60. The number of ether oxygens (including phenoxy) is 2. The van der Waals surface area contributed by atoms with Crippen LogP contribution in [0.15, 0.2) is 18.2 Å². The molecule has 6 nitrogen and oxygen atoms in total. The number of hydrogen-bond donors (Lipinski definition) is 1. The third kappa shape index (κ3) is 2.13. The minimum Gasteiger partial charge on any atom is -0.454 e. The molecule has 1 aromatic carbocycles. The van der Waals surface area contributed by atoms with E-state index in [1.807, 2.05) is 13.8 Å². The third-order valence-corrected chi connectivity index (χ3v) is 7.64. The van der Waals surface area contributed by atoms with E-state index in [2.05, 4.69) is 4.72 Å². The molecular formula is C17H21NO5S. The molecule has 1 aromatic rings. The predicted octanol–water partition coefficient (Wildman–Crippen LogP) is 2.55. The van der Waals surface area contributed by atoms with E-state index < -0.39 is 15.4 Å². The molecule has 3 aliphatic rings. The van der Waals surface area contributed by atoms with Crippen LogP contribution in [0.25, 0.3) is 0 Å². The van der Waals surface area contributed by atoms with Gasteiger partial charge in [0, 0.05) is 12.5 Å². The molecule has 0 unspecified atom stereocenters. The highest BCUT2D eigenvalue weighted by atomic mass is 32.2. The number of hydrogen-bond acceptors (Lipinski definition) is 5. The van der Waals surface area contributed by atoms with Crippen molar-refractivity contribution in [3.63, 3.8) is 0 Å². The van der Waals surface area contributed by atoms with Crippen molar-refractivity contribution in [1.29, 1.82) is 0 Å². The van der Waals surface area contributed by atoms with Crippen LogP contribution in [-0.2, 0) is 14.8 Å². The Morgan fingerprint density at radius 3 is 2.67 bits per heavy atom. The second-order valence-corrected chi connectivity index (χ2v) is 9.32. The minimum atomic E-state index is -3.65. The molecule has 0 spiro atoms. The summed E-state index contributed by atoms with van der Waals surface area (Å²) < 4.78 is 38.6. The Morgan fingerprint density at radius 1 is 1.25 bits per heavy atom. The van der Waals surface area contributed by atoms with E-state index in [9.17, 15) is 13.2 Å². The average Bonchev–Trinajstić information content (AvgIpc) is 3.08. The van der Waals surface area contributed by atoms with Gasteiger partial charge in [-0.05, 0) is 36.3 Å². The summed E-state index contributed by atoms with van der Waals surface area (Å²) >= 11 is 0. The highest BCUT2D eigenvalue weighted by Gasteiger charge is 2.65. The molecule has 7 heteroatoms. The van der Waals surface area contributed by atoms with Crippen LogP contribution in [0.5, 0.6) is 11.5 Å². The standard InChI is InChI=1S/C17H21NO5S/c1-16(2)11-5-6-17(16,15(19)7-11)9-24(20,21)18-12-3-4-13-14(8-12)23-10-22-13/h3-4,8,11,18H,5-7,9-10H2,1-2H3/t11-,17-/m0/s1. The highest BCUT2D eigenvalue weighted by Crippen LogP contribution is 2.64. The summed E-state index contributed by atoms with van der Waals surface area (Å²) in [5, 5.41) is 0. The van der Waals surface area contributed by atoms with Gasteiger partial charge in [0.15, 0.2) is 11.5 Å². The second kappa shape index (κ2) is 4.88. The number of ketones is 1. The summed E-state index contributed by atoms with van der Waals surface area (Å²) in [6.07, 6.45) is 2.09. The van der Waals surface area contributed by atoms with E-state index in [1.54, 1.807) is 18.2 Å². The minimum absolute atomic E-state index is 0.0970. The first-order valence-corrected chi connectivity index (χ1v) is 9.82. The number of benzene rings is 1. The van der Waals surface area contributed by atoms with E-state index in [0.29, 0.717) is 35.9 Å². The van der Waals surface area contributed by atoms with Crippen LogP contribution in [0.4, 0.5) is 5.69 Å². The van der Waals surface area contributed by atoms with Gasteiger partial charge in [-0.25, -0.2) is 8.42 Å². The summed E-state index contributed by atoms with van der Waals surface area (Å²) in [6.45, 7) is 4.20. The monoisotopic (exact) mass is 351 g/mol. The van der Waals surface area contributed by atoms with E-state index in [0.717, 1.165) is 6.42 Å². The number of sulfonamides is 1. The molecule has 2 atom stereocenters. The molecule has 2 bridgehead atoms. The van der Waals surface area contributed by atoms with E-state index in [-0.39, 0.29) is 23.7 Å². The van der Waals surface area contributed by atoms with Gasteiger partial charge in [-0.3, -0.25) is 9.52 Å². The topological polar surface area (TPSA) is 81.7 Å². The molecule has 4 rings (SSSR count). The number of rotatable bonds is 4. The van der Waals surface area contributed by atoms with Gasteiger partial charge in [0.1, 0.15) is 5.78 Å². The molecule has 2 aliphatic carbocycles. The molecule has 2 saturated carbocycles. The van der Waals surface area contributed by atoms with Crippen molar-refractivity contribution in [3.05, 3.63) is 18.2 Å². The Labute approximate surface area is 141 Å². The van der Waals surface area contributed by atoms with Gasteiger partial charge in [-0.15, -0.1) is 0 Å². The number of carbonyl (C=O) groups excluding carboxylic acids is 1. The Balaban J connectivity index is 1.59. The first kappa shape index (κ1) is 15.7. The van der Waals surface area contributed by atoms with E-state index in [1.165, 1.54) is 0 Å². The normalized spacial score (nSPS) is 29.9. The van der Waals surface area contributed by atoms with Crippen LogP contribution in [-0.4, -0.2) is 26.7 Å². The van der Waals surface area contributed by atoms with Crippen LogP contribution < -0.4 is 14.2 Å². The average molecular weight is 351 g/mol. The van der Waals surface area contributed by atoms with Crippen LogP contribution in [0.2, 0.25) is 0 Å². The van der Waals surface area contributed by atoms with Crippen LogP contribution >= 0.6 is 0 Å². The Morgan fingerprint density at radius 2 is 2.00 bits per heavy atom. The first-order chi connectivity index (χ1) is 11.2. The largest absolute Gasteiger partial charge is 0.454 e. The molecule has 24 heavy (non-hydrogen) atoms. The molecule has 0 saturated heterocycles. The number of carbonyl (C=O) groups is 1. The van der Waals surface area contributed by atoms with E-state index >= 15 is 0 Å². The summed E-state index contributed by atoms with van der Waals surface area (Å²) in [4.78, 5) is 12.5. The fraction of sp³-hybridized carbons (Fsp3) is 0.588. The lowest BCUT2D eigenvalue weighted by Gasteiger charge is -2.36. The summed E-state index contributed by atoms with van der Waals surface area (Å²) in [7, 11) is -3.65. The van der Waals surface area contributed by atoms with Gasteiger partial charge >= 0.3 is 0 Å². The molecule has 0 radical (unpaired) electrons. The van der Waals surface area contributed by atoms with Crippen LogP contribution in [0.3, 0.4) is 0 Å². The maximum atomic E-state index is 12.7. The van der Waals surface area contributed by atoms with Crippen molar-refractivity contribution in [3.8, 4) is 11.5 Å². The fourth-order valence-corrected chi connectivity index (χ4v) is 6.49. The summed E-state index contributed by atoms with van der Waals surface area (Å²) in [6, 6.07) is 4.92. The lowest BCUT2D eigenvalue weighted by atomic mass is 9.70. The maximum absolute atomic E-state index is 12.7. The Hall–Kier alpha value is -1.76. The quantitative estimate of drug-likeness (QED) is 0.901. The first-order valence-electron chi connectivity index (χ1n) is 8.17. The summed E-state index contributed by atoms with van der Waals surface area (Å²) in [5.74, 6) is 1.36. The van der Waals surface area contributed by atoms with Crippen molar-refractivity contribution in [2.75, 3.05) is 17.3 Å². The summed E-state index contributed by atoms with van der Waals surface area (Å²) in [5.41, 5.74) is -0.610. The van der Waals surface area contributed by atoms with Crippen molar-refractivity contribution >= 4 is 21.5 Å². The number of anilines is 1. The van der Waals surface area contributed by atoms with Gasteiger partial charge in [0.2, 0.25) is 16.8 Å². The number of Topliss-reactive ketones (excluding diaryl/α,β-unsaturated/α-hetero) is 1. The molecular weight excluding hydrogens is 330 g/mol. The predicted molar refractivity (Wildman–Crippen MR) is 88.5 cm³/mol. The van der Waals surface area contributed by atoms with Gasteiger partial charge < -0.3 is 9.47 Å². The fourth-order valence-electron chi connectivity index (χ4n) is 4.61. The van der Waals surface area contributed by atoms with Gasteiger partial charge in [-0.2, -0.15) is 0 Å². The molecule has 1 N–H and O–H groups in total. The number of nitrogens with one attached hydrogen (secondary N) is 1. The number of fused-ring (bicyclic) bond motifs is 3. The van der Waals surface area contributed by atoms with Gasteiger partial charge in [0.05, 0.1) is 16.9 Å². The zero-order chi connectivity index (χ0) is 17.2. The van der Waals surface area contributed by atoms with Gasteiger partial charge in [-0.1, -0.05) is 13.8 Å². The molecule has 2 fully saturated rings. The van der Waals surface area contributed by atoms with Gasteiger partial charge in [0.25, 0.3) is 0 Å². The van der Waals surface area contributed by atoms with Crippen LogP contribution in [0, 0.1) is 16.7 Å². The van der Waals surface area contributed by atoms with Crippen molar-refractivity contribution in [2.45, 2.75) is 33.1 Å². The van der Waals surface area contributed by atoms with Crippen LogP contribution in [0.1, 0.15) is 33.1 Å².